The van der Waals surface area contributed by atoms with Crippen molar-refractivity contribution in [2.24, 2.45) is 5.92 Å². The van der Waals surface area contributed by atoms with Gasteiger partial charge in [-0.3, -0.25) is 10.1 Å². The third kappa shape index (κ3) is 6.17. The molecule has 1 amide bonds. The van der Waals surface area contributed by atoms with Crippen LogP contribution in [0.5, 0.6) is 5.75 Å². The fourth-order valence-corrected chi connectivity index (χ4v) is 2.56. The second kappa shape index (κ2) is 9.50. The monoisotopic (exact) mass is 401 g/mol. The number of ether oxygens (including phenoxy) is 1. The Morgan fingerprint density at radius 1 is 1.14 bits per heavy atom. The van der Waals surface area contributed by atoms with Gasteiger partial charge < -0.3 is 14.9 Å². The van der Waals surface area contributed by atoms with Crippen molar-refractivity contribution in [1.29, 1.82) is 0 Å². The summed E-state index contributed by atoms with van der Waals surface area (Å²) >= 11 is 0. The largest absolute Gasteiger partial charge is 0.505 e. The van der Waals surface area contributed by atoms with Crippen molar-refractivity contribution in [3.8, 4) is 5.75 Å². The Kier molecular flexibility index (Phi) is 7.08. The molecule has 7 nitrogen and oxygen atoms in total. The minimum atomic E-state index is -1.18. The maximum Gasteiger partial charge on any atom is 0.412 e. The number of hydrogen-bond acceptors (Lipinski definition) is 5. The van der Waals surface area contributed by atoms with E-state index >= 15 is 0 Å². The van der Waals surface area contributed by atoms with Gasteiger partial charge in [0.15, 0.2) is 17.3 Å². The number of carboxylic acid groups (broad SMARTS) is 1. The number of carboxylic acids is 1. The fraction of sp³-hybridized carbons (Fsp3) is 0.190. The lowest BCUT2D eigenvalue weighted by Gasteiger charge is -2.23. The van der Waals surface area contributed by atoms with Crippen LogP contribution in [0.1, 0.15) is 35.9 Å². The first kappa shape index (κ1) is 21.6. The number of amides is 1. The molecule has 0 aliphatic carbocycles. The van der Waals surface area contributed by atoms with E-state index in [0.717, 1.165) is 18.2 Å². The van der Waals surface area contributed by atoms with Crippen LogP contribution < -0.4 is 5.32 Å². The number of rotatable bonds is 7. The van der Waals surface area contributed by atoms with Gasteiger partial charge in [0.1, 0.15) is 6.10 Å². The molecule has 3 N–H and O–H groups in total. The summed E-state index contributed by atoms with van der Waals surface area (Å²) in [6.45, 7) is 3.02. The van der Waals surface area contributed by atoms with E-state index in [0.29, 0.717) is 11.3 Å². The number of ketones is 1. The molecule has 0 saturated heterocycles. The highest BCUT2D eigenvalue weighted by Crippen LogP contribution is 2.30. The summed E-state index contributed by atoms with van der Waals surface area (Å²) in [4.78, 5) is 34.4. The molecule has 2 rings (SSSR count). The molecule has 2 aromatic rings. The molecule has 0 aliphatic rings. The van der Waals surface area contributed by atoms with Gasteiger partial charge in [0.2, 0.25) is 0 Å². The molecule has 0 spiro atoms. The Morgan fingerprint density at radius 3 is 2.34 bits per heavy atom. The Balaban J connectivity index is 2.21. The number of phenols is 1. The van der Waals surface area contributed by atoms with Crippen LogP contribution in [0.2, 0.25) is 0 Å². The molecule has 0 aliphatic heterocycles. The van der Waals surface area contributed by atoms with E-state index in [4.69, 9.17) is 9.84 Å². The number of Topliss-reactive ketones (excluding diaryl/α,β-unsaturated/α-hetero) is 1. The molecule has 2 atom stereocenters. The molecule has 0 aromatic heterocycles. The quantitative estimate of drug-likeness (QED) is 0.471. The molecular formula is C21H20FNO6. The first-order valence-electron chi connectivity index (χ1n) is 8.65. The number of carbonyl (C=O) groups excluding carboxylic acids is 2. The van der Waals surface area contributed by atoms with E-state index in [1.807, 2.05) is 0 Å². The Bertz CT molecular complexity index is 939. The number of benzene rings is 2. The standard InChI is InChI=1S/C21H20FNO6/c1-12(3-10-19(26)27)20(15-6-9-18(25)17(22)11-15)29-21(28)23-16-7-4-14(5-8-16)13(2)24/h3-12,20,25H,1-2H3,(H,23,28)(H,26,27)/b10-3+/t12-,20+/m0/s1. The predicted octanol–water partition coefficient (Wildman–Crippen LogP) is 4.30. The number of hydrogen-bond donors (Lipinski definition) is 3. The van der Waals surface area contributed by atoms with Crippen LogP contribution in [0.15, 0.2) is 54.6 Å². The number of halogens is 1. The SMILES string of the molecule is CC(=O)c1ccc(NC(=O)O[C@@H](c2ccc(O)c(F)c2)[C@@H](C)/C=C/C(=O)O)cc1. The van der Waals surface area contributed by atoms with Gasteiger partial charge in [0.25, 0.3) is 0 Å². The van der Waals surface area contributed by atoms with Crippen molar-refractivity contribution in [3.63, 3.8) is 0 Å². The van der Waals surface area contributed by atoms with E-state index in [2.05, 4.69) is 5.32 Å². The fourth-order valence-electron chi connectivity index (χ4n) is 2.56. The summed E-state index contributed by atoms with van der Waals surface area (Å²) < 4.78 is 19.2. The molecule has 0 bridgehead atoms. The molecule has 0 fully saturated rings. The zero-order valence-corrected chi connectivity index (χ0v) is 15.8. The van der Waals surface area contributed by atoms with Crippen LogP contribution in [0.3, 0.4) is 0 Å². The molecule has 29 heavy (non-hydrogen) atoms. The Hall–Kier alpha value is -3.68. The van der Waals surface area contributed by atoms with Gasteiger partial charge in [0, 0.05) is 23.2 Å². The normalized spacial score (nSPS) is 12.9. The van der Waals surface area contributed by atoms with Crippen molar-refractivity contribution in [3.05, 3.63) is 71.6 Å². The molecule has 8 heteroatoms. The van der Waals surface area contributed by atoms with Crippen LogP contribution in [0, 0.1) is 11.7 Å². The van der Waals surface area contributed by atoms with E-state index < -0.39 is 35.7 Å². The lowest BCUT2D eigenvalue weighted by molar-refractivity contribution is -0.131. The summed E-state index contributed by atoms with van der Waals surface area (Å²) in [5, 5.41) is 20.7. The van der Waals surface area contributed by atoms with Crippen molar-refractivity contribution in [1.82, 2.24) is 0 Å². The summed E-state index contributed by atoms with van der Waals surface area (Å²) in [5.74, 6) is -3.36. The third-order valence-corrected chi connectivity index (χ3v) is 4.09. The van der Waals surface area contributed by atoms with Crippen molar-refractivity contribution < 1.29 is 33.7 Å². The van der Waals surface area contributed by atoms with E-state index in [9.17, 15) is 23.9 Å². The summed E-state index contributed by atoms with van der Waals surface area (Å²) in [5.41, 5.74) is 1.10. The van der Waals surface area contributed by atoms with Gasteiger partial charge in [-0.05, 0) is 48.9 Å². The van der Waals surface area contributed by atoms with E-state index in [1.165, 1.54) is 31.2 Å². The van der Waals surface area contributed by atoms with Crippen LogP contribution in [0.25, 0.3) is 0 Å². The topological polar surface area (TPSA) is 113 Å². The highest BCUT2D eigenvalue weighted by molar-refractivity contribution is 5.95. The van der Waals surface area contributed by atoms with Crippen molar-refractivity contribution in [2.45, 2.75) is 20.0 Å². The molecule has 152 valence electrons. The average Bonchev–Trinajstić information content (AvgIpc) is 2.67. The number of aliphatic carboxylic acids is 1. The highest BCUT2D eigenvalue weighted by Gasteiger charge is 2.23. The number of anilines is 1. The maximum absolute atomic E-state index is 13.8. The smallest absolute Gasteiger partial charge is 0.412 e. The number of nitrogens with one attached hydrogen (secondary N) is 1. The van der Waals surface area contributed by atoms with Crippen LogP contribution in [0.4, 0.5) is 14.9 Å². The van der Waals surface area contributed by atoms with Crippen molar-refractivity contribution in [2.75, 3.05) is 5.32 Å². The Labute approximate surface area is 166 Å². The minimum absolute atomic E-state index is 0.118. The first-order chi connectivity index (χ1) is 13.7. The molecule has 0 heterocycles. The lowest BCUT2D eigenvalue weighted by atomic mass is 9.96. The molecular weight excluding hydrogens is 381 g/mol. The zero-order chi connectivity index (χ0) is 21.6. The summed E-state index contributed by atoms with van der Waals surface area (Å²) in [7, 11) is 0. The molecule has 0 saturated carbocycles. The molecule has 0 unspecified atom stereocenters. The van der Waals surface area contributed by atoms with Gasteiger partial charge in [0.05, 0.1) is 0 Å². The average molecular weight is 401 g/mol. The number of aromatic hydroxyl groups is 1. The lowest BCUT2D eigenvalue weighted by Crippen LogP contribution is -2.21. The number of carbonyl (C=O) groups is 3. The van der Waals surface area contributed by atoms with Crippen molar-refractivity contribution >= 4 is 23.5 Å². The van der Waals surface area contributed by atoms with E-state index in [-0.39, 0.29) is 11.3 Å². The first-order valence-corrected chi connectivity index (χ1v) is 8.65. The number of phenolic OH excluding ortho intramolecular Hbond substituents is 1. The molecule has 0 radical (unpaired) electrons. The van der Waals surface area contributed by atoms with Gasteiger partial charge in [-0.1, -0.05) is 19.1 Å². The Morgan fingerprint density at radius 2 is 1.79 bits per heavy atom. The summed E-state index contributed by atoms with van der Waals surface area (Å²) in [6, 6.07) is 9.66. The third-order valence-electron chi connectivity index (χ3n) is 4.09. The van der Waals surface area contributed by atoms with E-state index in [1.54, 1.807) is 19.1 Å². The molecule has 2 aromatic carbocycles. The predicted molar refractivity (Wildman–Crippen MR) is 103 cm³/mol. The van der Waals surface area contributed by atoms with Gasteiger partial charge in [-0.2, -0.15) is 0 Å². The van der Waals surface area contributed by atoms with Crippen LogP contribution in [-0.4, -0.2) is 28.1 Å². The van der Waals surface area contributed by atoms with Gasteiger partial charge in [-0.15, -0.1) is 0 Å². The second-order valence-electron chi connectivity index (χ2n) is 6.35. The van der Waals surface area contributed by atoms with Crippen LogP contribution in [-0.2, 0) is 9.53 Å². The van der Waals surface area contributed by atoms with Crippen LogP contribution >= 0.6 is 0 Å². The zero-order valence-electron chi connectivity index (χ0n) is 15.8. The summed E-state index contributed by atoms with van der Waals surface area (Å²) in [6.07, 6.45) is 0.343. The van der Waals surface area contributed by atoms with Gasteiger partial charge >= 0.3 is 12.1 Å². The van der Waals surface area contributed by atoms with Gasteiger partial charge in [-0.25, -0.2) is 14.0 Å². The minimum Gasteiger partial charge on any atom is -0.505 e. The maximum atomic E-state index is 13.8. The second-order valence-corrected chi connectivity index (χ2v) is 6.35. The highest BCUT2D eigenvalue weighted by atomic mass is 19.1.